The van der Waals surface area contributed by atoms with Gasteiger partial charge in [0.2, 0.25) is 0 Å². The summed E-state index contributed by atoms with van der Waals surface area (Å²) in [5.74, 6) is -0.826. The molecule has 1 amide bonds. The van der Waals surface area contributed by atoms with Crippen molar-refractivity contribution in [3.63, 3.8) is 0 Å². The zero-order valence-corrected chi connectivity index (χ0v) is 17.6. The normalized spacial score (nSPS) is 13.0. The van der Waals surface area contributed by atoms with E-state index in [2.05, 4.69) is 4.99 Å². The fraction of sp³-hybridized carbons (Fsp3) is 0.500. The van der Waals surface area contributed by atoms with Crippen LogP contribution in [0.25, 0.3) is 0 Å². The molecule has 0 fully saturated rings. The Balaban J connectivity index is 2.57. The van der Waals surface area contributed by atoms with E-state index in [9.17, 15) is 22.4 Å². The van der Waals surface area contributed by atoms with Gasteiger partial charge in [-0.1, -0.05) is 13.3 Å². The lowest BCUT2D eigenvalue weighted by atomic mass is 10.1. The lowest BCUT2D eigenvalue weighted by Crippen LogP contribution is -2.26. The Hall–Kier alpha value is -2.16. The van der Waals surface area contributed by atoms with Crippen LogP contribution in [-0.4, -0.2) is 23.6 Å². The van der Waals surface area contributed by atoms with E-state index < -0.39 is 29.9 Å². The fourth-order valence-electron chi connectivity index (χ4n) is 2.57. The second-order valence-corrected chi connectivity index (χ2v) is 8.22. The minimum absolute atomic E-state index is 0.00961. The van der Waals surface area contributed by atoms with Crippen molar-refractivity contribution in [2.75, 3.05) is 13.8 Å². The molecule has 160 valence electrons. The second-order valence-electron chi connectivity index (χ2n) is 7.26. The molecule has 1 aromatic carbocycles. The number of nitrogens with zero attached hydrogens (tertiary/aromatic N) is 2. The van der Waals surface area contributed by atoms with Crippen LogP contribution in [0.1, 0.15) is 55.1 Å². The maximum absolute atomic E-state index is 13.4. The zero-order valence-electron chi connectivity index (χ0n) is 16.8. The molecule has 0 radical (unpaired) electrons. The molecule has 0 bridgehead atoms. The number of ether oxygens (including phenoxy) is 1. The van der Waals surface area contributed by atoms with Gasteiger partial charge >= 0.3 is 6.18 Å². The predicted octanol–water partition coefficient (Wildman–Crippen LogP) is 5.37. The average molecular weight is 432 g/mol. The molecule has 0 aliphatic rings. The van der Waals surface area contributed by atoms with Gasteiger partial charge in [0, 0.05) is 11.8 Å². The SMILES string of the molecule is CCCCc1cn(C(C)(C)CF)s/c1=N\C(=O)c1cc(C(F)(F)F)ccc1OC. The van der Waals surface area contributed by atoms with Crippen LogP contribution in [-0.2, 0) is 18.1 Å². The molecule has 0 saturated heterocycles. The number of halogens is 4. The monoisotopic (exact) mass is 432 g/mol. The van der Waals surface area contributed by atoms with Crippen LogP contribution in [0, 0.1) is 0 Å². The minimum atomic E-state index is -4.59. The molecule has 0 unspecified atom stereocenters. The fourth-order valence-corrected chi connectivity index (χ4v) is 3.62. The number of benzene rings is 1. The zero-order chi connectivity index (χ0) is 21.8. The molecule has 0 N–H and O–H groups in total. The quantitative estimate of drug-likeness (QED) is 0.553. The summed E-state index contributed by atoms with van der Waals surface area (Å²) in [6, 6.07) is 2.69. The van der Waals surface area contributed by atoms with Crippen LogP contribution < -0.4 is 9.41 Å². The van der Waals surface area contributed by atoms with E-state index in [4.69, 9.17) is 4.74 Å². The summed E-state index contributed by atoms with van der Waals surface area (Å²) in [4.78, 5) is 16.8. The van der Waals surface area contributed by atoms with Gasteiger partial charge in [-0.05, 0) is 56.4 Å². The van der Waals surface area contributed by atoms with Crippen molar-refractivity contribution < 1.29 is 27.1 Å². The molecule has 0 spiro atoms. The van der Waals surface area contributed by atoms with Crippen LogP contribution in [0.3, 0.4) is 0 Å². The number of rotatable bonds is 7. The van der Waals surface area contributed by atoms with Crippen molar-refractivity contribution in [3.8, 4) is 5.75 Å². The molecule has 2 rings (SSSR count). The summed E-state index contributed by atoms with van der Waals surface area (Å²) >= 11 is 1.11. The number of carbonyl (C=O) groups is 1. The Morgan fingerprint density at radius 3 is 2.52 bits per heavy atom. The maximum Gasteiger partial charge on any atom is 0.416 e. The number of methoxy groups -OCH3 is 1. The predicted molar refractivity (Wildman–Crippen MR) is 104 cm³/mol. The van der Waals surface area contributed by atoms with E-state index >= 15 is 0 Å². The Bertz CT molecular complexity index is 929. The van der Waals surface area contributed by atoms with Gasteiger partial charge in [0.25, 0.3) is 5.91 Å². The third-order valence-corrected chi connectivity index (χ3v) is 5.74. The van der Waals surface area contributed by atoms with E-state index in [0.29, 0.717) is 11.1 Å². The molecular weight excluding hydrogens is 408 g/mol. The Labute approximate surface area is 171 Å². The molecule has 2 aromatic rings. The Morgan fingerprint density at radius 1 is 1.28 bits per heavy atom. The van der Waals surface area contributed by atoms with Gasteiger partial charge in [0.15, 0.2) is 0 Å². The summed E-state index contributed by atoms with van der Waals surface area (Å²) < 4.78 is 59.6. The van der Waals surface area contributed by atoms with Gasteiger partial charge in [-0.15, -0.1) is 0 Å². The van der Waals surface area contributed by atoms with Gasteiger partial charge in [0.1, 0.15) is 17.1 Å². The number of hydrogen-bond donors (Lipinski definition) is 0. The van der Waals surface area contributed by atoms with Crippen LogP contribution in [0.4, 0.5) is 17.6 Å². The summed E-state index contributed by atoms with van der Waals surface area (Å²) in [6.07, 6.45) is -0.443. The van der Waals surface area contributed by atoms with E-state index in [-0.39, 0.29) is 11.3 Å². The highest BCUT2D eigenvalue weighted by Gasteiger charge is 2.32. The number of aryl methyl sites for hydroxylation is 1. The van der Waals surface area contributed by atoms with Crippen molar-refractivity contribution in [2.45, 2.75) is 51.7 Å². The molecule has 4 nitrogen and oxygen atoms in total. The van der Waals surface area contributed by atoms with Crippen LogP contribution >= 0.6 is 11.5 Å². The lowest BCUT2D eigenvalue weighted by molar-refractivity contribution is -0.137. The summed E-state index contributed by atoms with van der Waals surface area (Å²) in [5, 5.41) is 0. The van der Waals surface area contributed by atoms with Crippen molar-refractivity contribution in [1.29, 1.82) is 0 Å². The second kappa shape index (κ2) is 9.11. The molecule has 0 saturated carbocycles. The molecule has 0 atom stereocenters. The first-order valence-corrected chi connectivity index (χ1v) is 9.93. The topological polar surface area (TPSA) is 43.6 Å². The minimum Gasteiger partial charge on any atom is -0.496 e. The van der Waals surface area contributed by atoms with Gasteiger partial charge < -0.3 is 4.74 Å². The van der Waals surface area contributed by atoms with Crippen molar-refractivity contribution in [2.24, 2.45) is 4.99 Å². The number of aromatic nitrogens is 1. The first kappa shape index (κ1) is 23.1. The van der Waals surface area contributed by atoms with Crippen molar-refractivity contribution in [1.82, 2.24) is 3.96 Å². The van der Waals surface area contributed by atoms with Crippen LogP contribution in [0.2, 0.25) is 0 Å². The number of hydrogen-bond acceptors (Lipinski definition) is 3. The van der Waals surface area contributed by atoms with E-state index in [0.717, 1.165) is 48.1 Å². The highest BCUT2D eigenvalue weighted by molar-refractivity contribution is 7.04. The largest absolute Gasteiger partial charge is 0.496 e. The van der Waals surface area contributed by atoms with E-state index in [1.165, 1.54) is 7.11 Å². The molecular formula is C20H24F4N2O2S. The molecule has 9 heteroatoms. The lowest BCUT2D eigenvalue weighted by Gasteiger charge is -2.21. The Kier molecular flexibility index (Phi) is 7.26. The van der Waals surface area contributed by atoms with Crippen LogP contribution in [0.15, 0.2) is 29.4 Å². The van der Waals surface area contributed by atoms with Gasteiger partial charge in [-0.25, -0.2) is 4.39 Å². The molecule has 0 aliphatic heterocycles. The third-order valence-electron chi connectivity index (χ3n) is 4.42. The first-order chi connectivity index (χ1) is 13.5. The molecule has 29 heavy (non-hydrogen) atoms. The third kappa shape index (κ3) is 5.46. The highest BCUT2D eigenvalue weighted by Crippen LogP contribution is 2.32. The van der Waals surface area contributed by atoms with Crippen molar-refractivity contribution >= 4 is 17.4 Å². The molecule has 1 heterocycles. The molecule has 0 aliphatic carbocycles. The summed E-state index contributed by atoms with van der Waals surface area (Å²) in [6.45, 7) is 4.84. The Morgan fingerprint density at radius 2 is 1.97 bits per heavy atom. The average Bonchev–Trinajstić information content (AvgIpc) is 3.08. The van der Waals surface area contributed by atoms with Gasteiger partial charge in [0.05, 0.1) is 23.8 Å². The number of unbranched alkanes of at least 4 members (excludes halogenated alkanes) is 1. The number of carbonyl (C=O) groups excluding carboxylic acids is 1. The smallest absolute Gasteiger partial charge is 0.416 e. The van der Waals surface area contributed by atoms with Crippen LogP contribution in [0.5, 0.6) is 5.75 Å². The van der Waals surface area contributed by atoms with E-state index in [1.54, 1.807) is 24.0 Å². The number of amides is 1. The highest BCUT2D eigenvalue weighted by atomic mass is 32.1. The van der Waals surface area contributed by atoms with Gasteiger partial charge in [-0.2, -0.15) is 18.2 Å². The van der Waals surface area contributed by atoms with Gasteiger partial charge in [-0.3, -0.25) is 8.75 Å². The first-order valence-electron chi connectivity index (χ1n) is 9.16. The molecule has 1 aromatic heterocycles. The van der Waals surface area contributed by atoms with Crippen molar-refractivity contribution in [3.05, 3.63) is 45.8 Å². The summed E-state index contributed by atoms with van der Waals surface area (Å²) in [5.41, 5.74) is -1.27. The summed E-state index contributed by atoms with van der Waals surface area (Å²) in [7, 11) is 1.27. The maximum atomic E-state index is 13.4. The standard InChI is InChI=1S/C20H24F4N2O2S/c1-5-6-7-13-11-26(19(2,3)12-21)29-18(13)25-17(27)15-10-14(20(22,23)24)8-9-16(15)28-4/h8-11H,5-7,12H2,1-4H3/b25-18-. The number of alkyl halides is 4. The van der Waals surface area contributed by atoms with E-state index in [1.807, 2.05) is 6.92 Å².